The zero-order valence-corrected chi connectivity index (χ0v) is 23.2. The molecule has 4 amide bonds. The Morgan fingerprint density at radius 1 is 0.875 bits per heavy atom. The second-order valence-corrected chi connectivity index (χ2v) is 9.20. The predicted octanol–water partition coefficient (Wildman–Crippen LogP) is 4.91. The number of nitrogens with one attached hydrogen (secondary N) is 3. The van der Waals surface area contributed by atoms with E-state index in [1.54, 1.807) is 49.5 Å². The van der Waals surface area contributed by atoms with Crippen molar-refractivity contribution in [1.82, 2.24) is 4.90 Å². The molecule has 10 heteroatoms. The molecule has 0 saturated carbocycles. The lowest BCUT2D eigenvalue weighted by atomic mass is 10.0. The van der Waals surface area contributed by atoms with Crippen LogP contribution in [0.3, 0.4) is 0 Å². The van der Waals surface area contributed by atoms with Gasteiger partial charge in [-0.05, 0) is 53.9 Å². The van der Waals surface area contributed by atoms with Crippen LogP contribution < -0.4 is 20.7 Å². The number of urea groups is 1. The van der Waals surface area contributed by atoms with Gasteiger partial charge in [-0.2, -0.15) is 0 Å². The van der Waals surface area contributed by atoms with E-state index in [1.807, 2.05) is 31.2 Å². The molecule has 0 aromatic heterocycles. The van der Waals surface area contributed by atoms with E-state index in [-0.39, 0.29) is 24.7 Å². The van der Waals surface area contributed by atoms with Crippen molar-refractivity contribution >= 4 is 40.9 Å². The maximum absolute atomic E-state index is 12.7. The van der Waals surface area contributed by atoms with E-state index in [4.69, 9.17) is 9.47 Å². The van der Waals surface area contributed by atoms with Gasteiger partial charge in [0.2, 0.25) is 11.8 Å². The van der Waals surface area contributed by atoms with E-state index in [0.717, 1.165) is 11.1 Å². The van der Waals surface area contributed by atoms with Gasteiger partial charge in [-0.25, -0.2) is 4.79 Å². The summed E-state index contributed by atoms with van der Waals surface area (Å²) in [5.74, 6) is -0.450. The van der Waals surface area contributed by atoms with E-state index in [2.05, 4.69) is 16.0 Å². The summed E-state index contributed by atoms with van der Waals surface area (Å²) in [5, 5.41) is 8.43. The first-order valence-corrected chi connectivity index (χ1v) is 12.6. The van der Waals surface area contributed by atoms with Crippen molar-refractivity contribution in [2.45, 2.75) is 32.7 Å². The van der Waals surface area contributed by atoms with Gasteiger partial charge in [0.1, 0.15) is 5.75 Å². The van der Waals surface area contributed by atoms with Crippen LogP contribution in [0, 0.1) is 6.92 Å². The topological polar surface area (TPSA) is 126 Å². The maximum atomic E-state index is 12.7. The van der Waals surface area contributed by atoms with E-state index in [1.165, 1.54) is 26.0 Å². The number of benzene rings is 3. The highest BCUT2D eigenvalue weighted by Gasteiger charge is 2.23. The van der Waals surface area contributed by atoms with Gasteiger partial charge in [-0.1, -0.05) is 36.4 Å². The fraction of sp³-hybridized carbons (Fsp3) is 0.267. The molecule has 10 nitrogen and oxygen atoms in total. The quantitative estimate of drug-likeness (QED) is 0.310. The molecule has 3 rings (SSSR count). The van der Waals surface area contributed by atoms with Crippen LogP contribution in [0.15, 0.2) is 66.7 Å². The summed E-state index contributed by atoms with van der Waals surface area (Å²) in [6.45, 7) is 3.33. The molecule has 0 heterocycles. The van der Waals surface area contributed by atoms with Crippen LogP contribution in [0.5, 0.6) is 5.75 Å². The summed E-state index contributed by atoms with van der Waals surface area (Å²) >= 11 is 0. The number of esters is 1. The molecule has 0 fully saturated rings. The van der Waals surface area contributed by atoms with E-state index < -0.39 is 18.0 Å². The van der Waals surface area contributed by atoms with Crippen LogP contribution >= 0.6 is 0 Å². The highest BCUT2D eigenvalue weighted by atomic mass is 16.5. The van der Waals surface area contributed by atoms with Gasteiger partial charge in [-0.15, -0.1) is 0 Å². The van der Waals surface area contributed by atoms with Crippen LogP contribution in [0.25, 0.3) is 0 Å². The zero-order chi connectivity index (χ0) is 29.2. The molecule has 0 radical (unpaired) electrons. The van der Waals surface area contributed by atoms with Crippen molar-refractivity contribution in [2.75, 3.05) is 37.2 Å². The first-order valence-electron chi connectivity index (χ1n) is 12.6. The molecule has 0 aliphatic heterocycles. The van der Waals surface area contributed by atoms with Gasteiger partial charge in [0.25, 0.3) is 0 Å². The maximum Gasteiger partial charge on any atom is 0.323 e. The van der Waals surface area contributed by atoms with E-state index in [9.17, 15) is 19.2 Å². The standard InChI is InChI=1S/C30H34N4O6/c1-19-8-6-7-9-24(19)32-30(38)33-25-15-10-21(16-27(25)39-4)17-28(36)31-23-13-11-22(12-14-23)26(18-29(37)40-5)34(3)20(2)35/h6-16,26H,17-18H2,1-5H3,(H,31,36)(H2,32,33,38)/t26-/m1/s1. The van der Waals surface area contributed by atoms with Crippen molar-refractivity contribution in [2.24, 2.45) is 0 Å². The first kappa shape index (κ1) is 29.7. The lowest BCUT2D eigenvalue weighted by Gasteiger charge is -2.27. The number of amides is 4. The van der Waals surface area contributed by atoms with Gasteiger partial charge >= 0.3 is 12.0 Å². The Morgan fingerprint density at radius 2 is 1.55 bits per heavy atom. The number of carbonyl (C=O) groups is 4. The lowest BCUT2D eigenvalue weighted by molar-refractivity contribution is -0.143. The number of nitrogens with zero attached hydrogens (tertiary/aromatic N) is 1. The van der Waals surface area contributed by atoms with Gasteiger partial charge in [0.15, 0.2) is 0 Å². The number of ether oxygens (including phenoxy) is 2. The van der Waals surface area contributed by atoms with Crippen molar-refractivity contribution in [3.8, 4) is 5.75 Å². The minimum atomic E-state index is -0.493. The Morgan fingerprint density at radius 3 is 2.17 bits per heavy atom. The highest BCUT2D eigenvalue weighted by Crippen LogP contribution is 2.28. The van der Waals surface area contributed by atoms with Gasteiger partial charge < -0.3 is 30.3 Å². The Balaban J connectivity index is 1.63. The number of para-hydroxylation sites is 1. The Bertz CT molecular complexity index is 1370. The number of rotatable bonds is 10. The summed E-state index contributed by atoms with van der Waals surface area (Å²) < 4.78 is 10.2. The number of carbonyl (C=O) groups excluding carboxylic acids is 4. The molecular weight excluding hydrogens is 512 g/mol. The summed E-state index contributed by atoms with van der Waals surface area (Å²) in [7, 11) is 4.41. The molecule has 0 saturated heterocycles. The average Bonchev–Trinajstić information content (AvgIpc) is 2.93. The Kier molecular flexibility index (Phi) is 10.2. The monoisotopic (exact) mass is 546 g/mol. The minimum absolute atomic E-state index is 0.0124. The molecule has 3 aromatic rings. The fourth-order valence-electron chi connectivity index (χ4n) is 4.06. The summed E-state index contributed by atoms with van der Waals surface area (Å²) in [5.41, 5.74) is 4.09. The molecule has 3 N–H and O–H groups in total. The van der Waals surface area contributed by atoms with Gasteiger partial charge in [-0.3, -0.25) is 14.4 Å². The van der Waals surface area contributed by atoms with Crippen molar-refractivity contribution < 1.29 is 28.7 Å². The van der Waals surface area contributed by atoms with Crippen molar-refractivity contribution in [3.05, 3.63) is 83.4 Å². The molecule has 210 valence electrons. The van der Waals surface area contributed by atoms with E-state index >= 15 is 0 Å². The SMILES string of the molecule is COC(=O)C[C@H](c1ccc(NC(=O)Cc2ccc(NC(=O)Nc3ccccc3C)c(OC)c2)cc1)N(C)C(C)=O. The summed E-state index contributed by atoms with van der Waals surface area (Å²) in [4.78, 5) is 50.5. The van der Waals surface area contributed by atoms with Crippen LogP contribution in [-0.2, 0) is 25.5 Å². The third kappa shape index (κ3) is 8.07. The highest BCUT2D eigenvalue weighted by molar-refractivity contribution is 6.01. The molecule has 3 aromatic carbocycles. The lowest BCUT2D eigenvalue weighted by Crippen LogP contribution is -2.31. The van der Waals surface area contributed by atoms with Crippen LogP contribution in [-0.4, -0.2) is 50.0 Å². The summed E-state index contributed by atoms with van der Waals surface area (Å²) in [6, 6.07) is 18.6. The largest absolute Gasteiger partial charge is 0.495 e. The van der Waals surface area contributed by atoms with Gasteiger partial charge in [0, 0.05) is 25.3 Å². The molecule has 40 heavy (non-hydrogen) atoms. The average molecular weight is 547 g/mol. The number of hydrogen-bond donors (Lipinski definition) is 3. The molecule has 0 aliphatic carbocycles. The number of anilines is 3. The molecule has 0 unspecified atom stereocenters. The second kappa shape index (κ2) is 13.8. The summed E-state index contributed by atoms with van der Waals surface area (Å²) in [6.07, 6.45) is 0.0877. The molecule has 0 aliphatic rings. The second-order valence-electron chi connectivity index (χ2n) is 9.20. The van der Waals surface area contributed by atoms with E-state index in [0.29, 0.717) is 28.4 Å². The van der Waals surface area contributed by atoms with Crippen molar-refractivity contribution in [3.63, 3.8) is 0 Å². The fourth-order valence-corrected chi connectivity index (χ4v) is 4.06. The number of aryl methyl sites for hydroxylation is 1. The Hall–Kier alpha value is -4.86. The number of hydrogen-bond acceptors (Lipinski definition) is 6. The number of methoxy groups -OCH3 is 2. The minimum Gasteiger partial charge on any atom is -0.495 e. The first-order chi connectivity index (χ1) is 19.1. The molecular formula is C30H34N4O6. The Labute approximate surface area is 233 Å². The smallest absolute Gasteiger partial charge is 0.323 e. The van der Waals surface area contributed by atoms with Crippen LogP contribution in [0.2, 0.25) is 0 Å². The molecule has 1 atom stereocenters. The van der Waals surface area contributed by atoms with Gasteiger partial charge in [0.05, 0.1) is 38.8 Å². The van der Waals surface area contributed by atoms with Crippen LogP contribution in [0.4, 0.5) is 21.9 Å². The molecule has 0 bridgehead atoms. The normalized spacial score (nSPS) is 11.1. The third-order valence-corrected chi connectivity index (χ3v) is 6.40. The molecule has 0 spiro atoms. The van der Waals surface area contributed by atoms with Crippen LogP contribution in [0.1, 0.15) is 36.1 Å². The third-order valence-electron chi connectivity index (χ3n) is 6.40. The predicted molar refractivity (Wildman–Crippen MR) is 153 cm³/mol. The zero-order valence-electron chi connectivity index (χ0n) is 23.2. The van der Waals surface area contributed by atoms with Crippen molar-refractivity contribution in [1.29, 1.82) is 0 Å².